The van der Waals surface area contributed by atoms with Crippen LogP contribution in [-0.4, -0.2) is 18.8 Å². The van der Waals surface area contributed by atoms with Crippen molar-refractivity contribution in [2.45, 2.75) is 6.92 Å². The zero-order valence-corrected chi connectivity index (χ0v) is 10.8. The molecule has 0 aliphatic heterocycles. The van der Waals surface area contributed by atoms with E-state index in [2.05, 4.69) is 22.6 Å². The molecule has 0 unspecified atom stereocenters. The van der Waals surface area contributed by atoms with Crippen LogP contribution in [0.2, 0.25) is 0 Å². The molecule has 0 aromatic heterocycles. The van der Waals surface area contributed by atoms with Crippen LogP contribution in [-0.2, 0) is 0 Å². The van der Waals surface area contributed by atoms with Crippen LogP contribution < -0.4 is 4.74 Å². The molecule has 14 heavy (non-hydrogen) atoms. The first-order chi connectivity index (χ1) is 6.61. The van der Waals surface area contributed by atoms with E-state index < -0.39 is 0 Å². The molecule has 0 saturated heterocycles. The highest BCUT2D eigenvalue weighted by molar-refractivity contribution is 14.1. The summed E-state index contributed by atoms with van der Waals surface area (Å²) < 4.78 is 6.07. The van der Waals surface area contributed by atoms with Gasteiger partial charge in [0.25, 0.3) is 0 Å². The lowest BCUT2D eigenvalue weighted by Gasteiger charge is -2.11. The first-order valence-electron chi connectivity index (χ1n) is 4.04. The third-order valence-electron chi connectivity index (χ3n) is 1.91. The van der Waals surface area contributed by atoms with Gasteiger partial charge in [0.05, 0.1) is 18.6 Å². The van der Waals surface area contributed by atoms with Crippen molar-refractivity contribution in [1.82, 2.24) is 0 Å². The van der Waals surface area contributed by atoms with E-state index in [1.807, 2.05) is 19.1 Å². The summed E-state index contributed by atoms with van der Waals surface area (Å²) in [6.45, 7) is 1.90. The van der Waals surface area contributed by atoms with E-state index >= 15 is 0 Å². The van der Waals surface area contributed by atoms with Crippen molar-refractivity contribution >= 4 is 40.0 Å². The van der Waals surface area contributed by atoms with Gasteiger partial charge in [0.2, 0.25) is 0 Å². The zero-order valence-electron chi connectivity index (χ0n) is 7.93. The van der Waals surface area contributed by atoms with E-state index in [0.717, 1.165) is 9.13 Å². The van der Waals surface area contributed by atoms with E-state index in [1.54, 1.807) is 7.11 Å². The largest absolute Gasteiger partial charge is 0.496 e. The molecule has 0 radical (unpaired) electrons. The lowest BCUT2D eigenvalue weighted by Crippen LogP contribution is -2.07. The molecular weight excluding hydrogens is 314 g/mol. The van der Waals surface area contributed by atoms with Crippen LogP contribution in [0.4, 0.5) is 0 Å². The third-order valence-corrected chi connectivity index (χ3v) is 3.05. The van der Waals surface area contributed by atoms with Crippen molar-refractivity contribution in [2.24, 2.45) is 0 Å². The van der Waals surface area contributed by atoms with Gasteiger partial charge in [-0.3, -0.25) is 4.79 Å². The first kappa shape index (κ1) is 11.8. The number of aryl methyl sites for hydroxylation is 1. The number of carbonyl (C=O) groups excluding carboxylic acids is 1. The number of hydrogen-bond donors (Lipinski definition) is 0. The lowest BCUT2D eigenvalue weighted by molar-refractivity contribution is 0.101. The number of methoxy groups -OCH3 is 1. The average molecular weight is 325 g/mol. The minimum Gasteiger partial charge on any atom is -0.496 e. The summed E-state index contributed by atoms with van der Waals surface area (Å²) in [6, 6.07) is 3.81. The number of Topliss-reactive ketones (excluding diaryl/α,β-unsaturated/α-hetero) is 1. The van der Waals surface area contributed by atoms with Gasteiger partial charge < -0.3 is 4.74 Å². The Labute approximate surface area is 102 Å². The molecule has 0 aliphatic carbocycles. The molecule has 2 nitrogen and oxygen atoms in total. The number of carbonyl (C=O) groups is 1. The summed E-state index contributed by atoms with van der Waals surface area (Å²) in [5.41, 5.74) is 1.53. The van der Waals surface area contributed by atoms with E-state index in [9.17, 15) is 4.79 Å². The van der Waals surface area contributed by atoms with Crippen molar-refractivity contribution in [3.8, 4) is 5.75 Å². The standard InChI is InChI=1S/C10H10ClIO2/c1-6-3-4-7(12)9(8(13)5-11)10(6)14-2/h3-4H,5H2,1-2H3. The van der Waals surface area contributed by atoms with Gasteiger partial charge >= 0.3 is 0 Å². The maximum atomic E-state index is 11.5. The Bertz CT molecular complexity index is 363. The molecule has 0 bridgehead atoms. The van der Waals surface area contributed by atoms with Crippen LogP contribution in [0.25, 0.3) is 0 Å². The zero-order chi connectivity index (χ0) is 10.7. The number of ketones is 1. The summed E-state index contributed by atoms with van der Waals surface area (Å²) >= 11 is 7.64. The molecule has 0 aliphatic rings. The van der Waals surface area contributed by atoms with Crippen LogP contribution in [0.5, 0.6) is 5.75 Å². The fourth-order valence-electron chi connectivity index (χ4n) is 1.25. The van der Waals surface area contributed by atoms with Crippen molar-refractivity contribution < 1.29 is 9.53 Å². The van der Waals surface area contributed by atoms with Gasteiger partial charge in [0, 0.05) is 3.57 Å². The normalized spacial score (nSPS) is 10.0. The van der Waals surface area contributed by atoms with Crippen LogP contribution in [0.15, 0.2) is 12.1 Å². The quantitative estimate of drug-likeness (QED) is 0.485. The van der Waals surface area contributed by atoms with E-state index in [-0.39, 0.29) is 11.7 Å². The fraction of sp³-hybridized carbons (Fsp3) is 0.300. The highest BCUT2D eigenvalue weighted by Crippen LogP contribution is 2.28. The Morgan fingerprint density at radius 3 is 2.71 bits per heavy atom. The Balaban J connectivity index is 3.37. The van der Waals surface area contributed by atoms with Crippen LogP contribution >= 0.6 is 34.2 Å². The molecule has 1 aromatic carbocycles. The van der Waals surface area contributed by atoms with Crippen LogP contribution in [0, 0.1) is 10.5 Å². The Kier molecular flexibility index (Phi) is 4.19. The van der Waals surface area contributed by atoms with Gasteiger partial charge in [-0.2, -0.15) is 0 Å². The molecule has 0 fully saturated rings. The Morgan fingerprint density at radius 1 is 1.57 bits per heavy atom. The van der Waals surface area contributed by atoms with Crippen LogP contribution in [0.1, 0.15) is 15.9 Å². The highest BCUT2D eigenvalue weighted by Gasteiger charge is 2.16. The molecule has 0 N–H and O–H groups in total. The highest BCUT2D eigenvalue weighted by atomic mass is 127. The van der Waals surface area contributed by atoms with E-state index in [0.29, 0.717) is 11.3 Å². The molecule has 1 rings (SSSR count). The lowest BCUT2D eigenvalue weighted by atomic mass is 10.1. The second-order valence-corrected chi connectivity index (χ2v) is 4.26. The molecule has 0 atom stereocenters. The molecule has 1 aromatic rings. The average Bonchev–Trinajstić information content (AvgIpc) is 2.19. The molecular formula is C10H10ClIO2. The summed E-state index contributed by atoms with van der Waals surface area (Å²) in [7, 11) is 1.56. The molecule has 0 heterocycles. The van der Waals surface area contributed by atoms with Crippen LogP contribution in [0.3, 0.4) is 0 Å². The van der Waals surface area contributed by atoms with Gasteiger partial charge in [-0.15, -0.1) is 11.6 Å². The minimum atomic E-state index is -0.100. The van der Waals surface area contributed by atoms with Crippen molar-refractivity contribution in [3.63, 3.8) is 0 Å². The maximum Gasteiger partial charge on any atom is 0.182 e. The molecule has 0 saturated carbocycles. The second-order valence-electron chi connectivity index (χ2n) is 2.83. The summed E-state index contributed by atoms with van der Waals surface area (Å²) in [5, 5.41) is 0. The summed E-state index contributed by atoms with van der Waals surface area (Å²) in [5.74, 6) is 0.509. The maximum absolute atomic E-state index is 11.5. The Morgan fingerprint density at radius 2 is 2.21 bits per heavy atom. The first-order valence-corrected chi connectivity index (χ1v) is 5.65. The van der Waals surface area contributed by atoms with E-state index in [1.165, 1.54) is 0 Å². The van der Waals surface area contributed by atoms with E-state index in [4.69, 9.17) is 16.3 Å². The number of hydrogen-bond acceptors (Lipinski definition) is 2. The SMILES string of the molecule is COc1c(C)ccc(I)c1C(=O)CCl. The predicted octanol–water partition coefficient (Wildman–Crippen LogP) is 3.03. The van der Waals surface area contributed by atoms with Crippen molar-refractivity contribution in [1.29, 1.82) is 0 Å². The molecule has 0 amide bonds. The van der Waals surface area contributed by atoms with Crippen molar-refractivity contribution in [3.05, 3.63) is 26.8 Å². The topological polar surface area (TPSA) is 26.3 Å². The van der Waals surface area contributed by atoms with Gasteiger partial charge in [0.1, 0.15) is 5.75 Å². The monoisotopic (exact) mass is 324 g/mol. The number of rotatable bonds is 3. The molecule has 4 heteroatoms. The van der Waals surface area contributed by atoms with Gasteiger partial charge in [-0.1, -0.05) is 6.07 Å². The number of benzene rings is 1. The Hall–Kier alpha value is -0.290. The van der Waals surface area contributed by atoms with Gasteiger partial charge in [-0.05, 0) is 41.1 Å². The predicted molar refractivity (Wildman–Crippen MR) is 65.5 cm³/mol. The second kappa shape index (κ2) is 4.98. The summed E-state index contributed by atoms with van der Waals surface area (Å²) in [6.07, 6.45) is 0. The van der Waals surface area contributed by atoms with Crippen molar-refractivity contribution in [2.75, 3.05) is 13.0 Å². The smallest absolute Gasteiger partial charge is 0.182 e. The van der Waals surface area contributed by atoms with Gasteiger partial charge in [0.15, 0.2) is 5.78 Å². The minimum absolute atomic E-state index is 0.0180. The fourth-order valence-corrected chi connectivity index (χ4v) is 2.11. The molecule has 76 valence electrons. The third kappa shape index (κ3) is 2.20. The number of ether oxygens (including phenoxy) is 1. The van der Waals surface area contributed by atoms with Gasteiger partial charge in [-0.25, -0.2) is 0 Å². The molecule has 0 spiro atoms. The summed E-state index contributed by atoms with van der Waals surface area (Å²) in [4.78, 5) is 11.5. The number of halogens is 2. The number of alkyl halides is 1.